The van der Waals surface area contributed by atoms with E-state index in [-0.39, 0.29) is 18.4 Å². The molecule has 0 bridgehead atoms. The van der Waals surface area contributed by atoms with Crippen molar-refractivity contribution >= 4 is 11.8 Å². The van der Waals surface area contributed by atoms with Crippen LogP contribution in [0.3, 0.4) is 0 Å². The van der Waals surface area contributed by atoms with Gasteiger partial charge in [-0.05, 0) is 25.5 Å². The number of hydrogen-bond donors (Lipinski definition) is 3. The number of rotatable bonds is 7. The van der Waals surface area contributed by atoms with Gasteiger partial charge >= 0.3 is 0 Å². The molecule has 124 valence electrons. The average molecular weight is 310 g/mol. The second-order valence-corrected chi connectivity index (χ2v) is 6.64. The van der Waals surface area contributed by atoms with E-state index in [0.717, 1.165) is 0 Å². The maximum absolute atomic E-state index is 11.7. The Labute approximate surface area is 131 Å². The fourth-order valence-corrected chi connectivity index (χ4v) is 1.75. The molecule has 0 fully saturated rings. The Morgan fingerprint density at radius 2 is 1.91 bits per heavy atom. The van der Waals surface area contributed by atoms with Crippen LogP contribution in [-0.4, -0.2) is 30.0 Å². The zero-order chi connectivity index (χ0) is 16.8. The van der Waals surface area contributed by atoms with Crippen LogP contribution < -0.4 is 10.6 Å². The van der Waals surface area contributed by atoms with Gasteiger partial charge in [-0.2, -0.15) is 0 Å². The molecule has 6 nitrogen and oxygen atoms in total. The lowest BCUT2D eigenvalue weighted by Gasteiger charge is -2.21. The minimum absolute atomic E-state index is 0.0336. The lowest BCUT2D eigenvalue weighted by Crippen LogP contribution is -2.39. The van der Waals surface area contributed by atoms with Crippen LogP contribution in [0.25, 0.3) is 0 Å². The van der Waals surface area contributed by atoms with E-state index in [0.29, 0.717) is 25.1 Å². The third kappa shape index (κ3) is 5.89. The van der Waals surface area contributed by atoms with E-state index in [4.69, 9.17) is 4.42 Å². The SMILES string of the molecule is CC(C)(C)C(=O)NCCCC(=O)NCC(C)(O)c1ccco1. The standard InChI is InChI=1S/C16H26N2O4/c1-15(2,3)14(20)17-9-5-8-13(19)18-11-16(4,21)12-7-6-10-22-12/h6-7,10,21H,5,8-9,11H2,1-4H3,(H,17,20)(H,18,19). The van der Waals surface area contributed by atoms with Crippen molar-refractivity contribution in [2.45, 2.75) is 46.1 Å². The van der Waals surface area contributed by atoms with Crippen LogP contribution in [-0.2, 0) is 15.2 Å². The molecule has 0 saturated heterocycles. The summed E-state index contributed by atoms with van der Waals surface area (Å²) in [5.41, 5.74) is -1.66. The molecule has 1 unspecified atom stereocenters. The van der Waals surface area contributed by atoms with Gasteiger partial charge in [0.1, 0.15) is 11.4 Å². The molecule has 3 N–H and O–H groups in total. The molecule has 0 saturated carbocycles. The molecular weight excluding hydrogens is 284 g/mol. The van der Waals surface area contributed by atoms with Gasteiger partial charge in [-0.3, -0.25) is 9.59 Å². The summed E-state index contributed by atoms with van der Waals surface area (Å²) in [6, 6.07) is 3.34. The van der Waals surface area contributed by atoms with Crippen molar-refractivity contribution in [2.24, 2.45) is 5.41 Å². The summed E-state index contributed by atoms with van der Waals surface area (Å²) in [6.45, 7) is 7.63. The highest BCUT2D eigenvalue weighted by molar-refractivity contribution is 5.81. The van der Waals surface area contributed by atoms with Crippen molar-refractivity contribution < 1.29 is 19.1 Å². The van der Waals surface area contributed by atoms with Gasteiger partial charge in [-0.15, -0.1) is 0 Å². The number of nitrogens with one attached hydrogen (secondary N) is 2. The fourth-order valence-electron chi connectivity index (χ4n) is 1.75. The molecule has 0 aliphatic carbocycles. The Morgan fingerprint density at radius 1 is 1.23 bits per heavy atom. The predicted octanol–water partition coefficient (Wildman–Crippen LogP) is 1.55. The number of carbonyl (C=O) groups excluding carboxylic acids is 2. The summed E-state index contributed by atoms with van der Waals surface area (Å²) >= 11 is 0. The third-order valence-electron chi connectivity index (χ3n) is 3.23. The predicted molar refractivity (Wildman–Crippen MR) is 83.0 cm³/mol. The molecular formula is C16H26N2O4. The molecule has 1 aromatic heterocycles. The smallest absolute Gasteiger partial charge is 0.225 e. The molecule has 22 heavy (non-hydrogen) atoms. The molecule has 6 heteroatoms. The molecule has 0 spiro atoms. The van der Waals surface area contributed by atoms with Gasteiger partial charge in [0.25, 0.3) is 0 Å². The van der Waals surface area contributed by atoms with Gasteiger partial charge in [-0.25, -0.2) is 0 Å². The molecule has 0 aliphatic heterocycles. The van der Waals surface area contributed by atoms with E-state index >= 15 is 0 Å². The van der Waals surface area contributed by atoms with Crippen LogP contribution in [0.5, 0.6) is 0 Å². The van der Waals surface area contributed by atoms with Crippen molar-refractivity contribution in [3.05, 3.63) is 24.2 Å². The molecule has 2 amide bonds. The Bertz CT molecular complexity index is 487. The van der Waals surface area contributed by atoms with E-state index in [1.165, 1.54) is 6.26 Å². The first-order valence-electron chi connectivity index (χ1n) is 7.44. The third-order valence-corrected chi connectivity index (χ3v) is 3.23. The van der Waals surface area contributed by atoms with E-state index < -0.39 is 11.0 Å². The average Bonchev–Trinajstić information content (AvgIpc) is 2.95. The maximum Gasteiger partial charge on any atom is 0.225 e. The maximum atomic E-state index is 11.7. The zero-order valence-electron chi connectivity index (χ0n) is 13.7. The first-order valence-corrected chi connectivity index (χ1v) is 7.44. The van der Waals surface area contributed by atoms with E-state index in [9.17, 15) is 14.7 Å². The normalized spacial score (nSPS) is 14.2. The van der Waals surface area contributed by atoms with Crippen LogP contribution in [0.1, 0.15) is 46.3 Å². The number of amides is 2. The lowest BCUT2D eigenvalue weighted by molar-refractivity contribution is -0.128. The van der Waals surface area contributed by atoms with Gasteiger partial charge < -0.3 is 20.2 Å². The molecule has 0 radical (unpaired) electrons. The largest absolute Gasteiger partial charge is 0.466 e. The Morgan fingerprint density at radius 3 is 2.45 bits per heavy atom. The van der Waals surface area contributed by atoms with Crippen molar-refractivity contribution in [3.63, 3.8) is 0 Å². The topological polar surface area (TPSA) is 91.6 Å². The van der Waals surface area contributed by atoms with Crippen molar-refractivity contribution in [1.82, 2.24) is 10.6 Å². The summed E-state index contributed by atoms with van der Waals surface area (Å²) in [5, 5.41) is 15.6. The van der Waals surface area contributed by atoms with Crippen LogP contribution in [0.2, 0.25) is 0 Å². The second-order valence-electron chi connectivity index (χ2n) is 6.64. The Hall–Kier alpha value is -1.82. The first kappa shape index (κ1) is 18.2. The number of hydrogen-bond acceptors (Lipinski definition) is 4. The van der Waals surface area contributed by atoms with E-state index in [2.05, 4.69) is 10.6 Å². The zero-order valence-corrected chi connectivity index (χ0v) is 13.7. The number of furan rings is 1. The van der Waals surface area contributed by atoms with Gasteiger partial charge in [0.2, 0.25) is 11.8 Å². The molecule has 1 rings (SSSR count). The lowest BCUT2D eigenvalue weighted by atomic mass is 9.96. The summed E-state index contributed by atoms with van der Waals surface area (Å²) in [4.78, 5) is 23.4. The quantitative estimate of drug-likeness (QED) is 0.666. The minimum Gasteiger partial charge on any atom is -0.466 e. The van der Waals surface area contributed by atoms with Gasteiger partial charge in [-0.1, -0.05) is 20.8 Å². The minimum atomic E-state index is -1.24. The van der Waals surface area contributed by atoms with Crippen LogP contribution in [0.15, 0.2) is 22.8 Å². The summed E-state index contributed by atoms with van der Waals surface area (Å²) < 4.78 is 5.14. The Kier molecular flexibility index (Phi) is 6.17. The van der Waals surface area contributed by atoms with Crippen molar-refractivity contribution in [1.29, 1.82) is 0 Å². The summed E-state index contributed by atoms with van der Waals surface area (Å²) in [5.74, 6) is 0.204. The monoisotopic (exact) mass is 310 g/mol. The molecule has 1 aromatic rings. The number of aliphatic hydroxyl groups is 1. The van der Waals surface area contributed by atoms with Gasteiger partial charge in [0, 0.05) is 18.4 Å². The van der Waals surface area contributed by atoms with Crippen molar-refractivity contribution in [3.8, 4) is 0 Å². The first-order chi connectivity index (χ1) is 10.1. The van der Waals surface area contributed by atoms with E-state index in [1.54, 1.807) is 19.1 Å². The van der Waals surface area contributed by atoms with Crippen molar-refractivity contribution in [2.75, 3.05) is 13.1 Å². The molecule has 0 aromatic carbocycles. The fraction of sp³-hybridized carbons (Fsp3) is 0.625. The molecule has 1 heterocycles. The van der Waals surface area contributed by atoms with Crippen LogP contribution in [0, 0.1) is 5.41 Å². The van der Waals surface area contributed by atoms with E-state index in [1.807, 2.05) is 20.8 Å². The van der Waals surface area contributed by atoms with Gasteiger partial charge in [0.05, 0.1) is 12.8 Å². The summed E-state index contributed by atoms with van der Waals surface area (Å²) in [6.07, 6.45) is 2.32. The molecule has 1 atom stereocenters. The molecule has 0 aliphatic rings. The number of carbonyl (C=O) groups is 2. The van der Waals surface area contributed by atoms with Crippen LogP contribution in [0.4, 0.5) is 0 Å². The highest BCUT2D eigenvalue weighted by atomic mass is 16.4. The van der Waals surface area contributed by atoms with Gasteiger partial charge in [0.15, 0.2) is 0 Å². The van der Waals surface area contributed by atoms with Crippen LogP contribution >= 0.6 is 0 Å². The second kappa shape index (κ2) is 7.45. The highest BCUT2D eigenvalue weighted by Gasteiger charge is 2.26. The Balaban J connectivity index is 2.23. The highest BCUT2D eigenvalue weighted by Crippen LogP contribution is 2.19. The summed E-state index contributed by atoms with van der Waals surface area (Å²) in [7, 11) is 0.